The molecule has 2 aliphatic rings. The number of thiophene rings is 6. The molecule has 0 saturated carbocycles. The van der Waals surface area contributed by atoms with Crippen LogP contribution >= 0.6 is 68.0 Å². The molecular weight excluding hydrogens is 863 g/mol. The van der Waals surface area contributed by atoms with Crippen LogP contribution < -0.4 is 28.6 Å². The molecule has 0 atom stereocenters. The van der Waals surface area contributed by atoms with E-state index in [2.05, 4.69) is 120 Å². The zero-order valence-corrected chi connectivity index (χ0v) is 37.6. The van der Waals surface area contributed by atoms with E-state index in [1.165, 1.54) is 47.8 Å². The maximum Gasteiger partial charge on any atom is 0.181 e. The summed E-state index contributed by atoms with van der Waals surface area (Å²) < 4.78 is 36.6. The number of hydrogen-bond donors (Lipinski definition) is 0. The molecule has 8 heterocycles. The third-order valence-corrected chi connectivity index (χ3v) is 17.6. The second-order valence-corrected chi connectivity index (χ2v) is 20.7. The van der Waals surface area contributed by atoms with Crippen LogP contribution in [0, 0.1) is 0 Å². The number of nitrogens with zero attached hydrogens (tertiary/aromatic N) is 1. The van der Waals surface area contributed by atoms with Gasteiger partial charge in [-0.1, -0.05) is 50.5 Å². The fourth-order valence-electron chi connectivity index (χ4n) is 7.74. The quantitative estimate of drug-likeness (QED) is 0.107. The number of rotatable bonds is 13. The lowest BCUT2D eigenvalue weighted by atomic mass is 10.1. The summed E-state index contributed by atoms with van der Waals surface area (Å²) >= 11 is 10.7. The predicted octanol–water partition coefficient (Wildman–Crippen LogP) is 16.0. The van der Waals surface area contributed by atoms with Gasteiger partial charge in [0.05, 0.1) is 35.9 Å². The molecule has 0 radical (unpaired) electrons. The van der Waals surface area contributed by atoms with Crippen molar-refractivity contribution < 1.29 is 23.7 Å². The van der Waals surface area contributed by atoms with Crippen molar-refractivity contribution in [3.63, 3.8) is 0 Å². The third kappa shape index (κ3) is 7.16. The average Bonchev–Trinajstić information content (AvgIpc) is 4.15. The average molecular weight is 902 g/mol. The van der Waals surface area contributed by atoms with E-state index in [-0.39, 0.29) is 0 Å². The van der Waals surface area contributed by atoms with Crippen LogP contribution in [0.25, 0.3) is 59.2 Å². The van der Waals surface area contributed by atoms with Crippen molar-refractivity contribution in [2.45, 2.75) is 32.6 Å². The maximum atomic E-state index is 6.32. The predicted molar refractivity (Wildman–Crippen MR) is 257 cm³/mol. The molecule has 0 aliphatic carbocycles. The summed E-state index contributed by atoms with van der Waals surface area (Å²) in [5.74, 6) is 4.30. The van der Waals surface area contributed by atoms with E-state index in [0.29, 0.717) is 26.4 Å². The van der Waals surface area contributed by atoms with E-state index in [4.69, 9.17) is 23.7 Å². The highest BCUT2D eigenvalue weighted by atomic mass is 32.1. The summed E-state index contributed by atoms with van der Waals surface area (Å²) in [6, 6.07) is 35.1. The summed E-state index contributed by atoms with van der Waals surface area (Å²) in [6.07, 6.45) is 4.71. The van der Waals surface area contributed by atoms with Gasteiger partial charge in [0, 0.05) is 35.9 Å². The number of fused-ring (bicyclic) bond motifs is 4. The molecule has 302 valence electrons. The largest absolute Gasteiger partial charge is 0.494 e. The van der Waals surface area contributed by atoms with Gasteiger partial charge in [0.2, 0.25) is 0 Å². The Balaban J connectivity index is 0.933. The molecule has 0 amide bonds. The van der Waals surface area contributed by atoms with Gasteiger partial charge in [-0.3, -0.25) is 0 Å². The molecule has 0 saturated heterocycles. The van der Waals surface area contributed by atoms with Crippen molar-refractivity contribution in [2.75, 3.05) is 37.9 Å². The molecule has 12 heteroatoms. The van der Waals surface area contributed by atoms with Crippen LogP contribution in [0.3, 0.4) is 0 Å². The van der Waals surface area contributed by atoms with Crippen LogP contribution in [0.4, 0.5) is 17.1 Å². The molecule has 11 rings (SSSR count). The zero-order valence-electron chi connectivity index (χ0n) is 32.7. The lowest BCUT2D eigenvalue weighted by Gasteiger charge is -2.26. The minimum atomic E-state index is 0.539. The summed E-state index contributed by atoms with van der Waals surface area (Å²) in [5.41, 5.74) is 5.34. The van der Waals surface area contributed by atoms with Gasteiger partial charge in [-0.25, -0.2) is 0 Å². The van der Waals surface area contributed by atoms with Gasteiger partial charge in [-0.15, -0.1) is 68.0 Å². The summed E-state index contributed by atoms with van der Waals surface area (Å²) in [5, 5.41) is 4.31. The van der Waals surface area contributed by atoms with E-state index >= 15 is 0 Å². The highest BCUT2D eigenvalue weighted by Crippen LogP contribution is 2.57. The Labute approximate surface area is 372 Å². The summed E-state index contributed by atoms with van der Waals surface area (Å²) in [7, 11) is 0. The molecule has 3 aromatic carbocycles. The normalized spacial score (nSPS) is 13.3. The van der Waals surface area contributed by atoms with Crippen molar-refractivity contribution in [1.29, 1.82) is 0 Å². The second-order valence-electron chi connectivity index (χ2n) is 14.6. The number of hydrogen-bond acceptors (Lipinski definition) is 12. The first-order valence-electron chi connectivity index (χ1n) is 20.2. The lowest BCUT2D eigenvalue weighted by Crippen LogP contribution is -2.14. The molecule has 0 N–H and O–H groups in total. The highest BCUT2D eigenvalue weighted by molar-refractivity contribution is 7.32. The molecule has 6 nitrogen and oxygen atoms in total. The van der Waals surface area contributed by atoms with E-state index in [1.807, 2.05) is 22.7 Å². The molecule has 0 bridgehead atoms. The molecule has 0 fully saturated rings. The Hall–Kier alpha value is -4.82. The first-order chi connectivity index (χ1) is 29.7. The van der Waals surface area contributed by atoms with Crippen LogP contribution in [0.2, 0.25) is 0 Å². The van der Waals surface area contributed by atoms with E-state index in [1.54, 1.807) is 45.3 Å². The van der Waals surface area contributed by atoms with Gasteiger partial charge in [-0.05, 0) is 101 Å². The number of benzene rings is 3. The van der Waals surface area contributed by atoms with E-state index in [0.717, 1.165) is 89.5 Å². The molecule has 9 aromatic rings. The number of ether oxygens (including phenoxy) is 5. The standard InChI is InChI=1S/C48H39NO5S6/c1-2-3-4-5-20-50-34-16-14-33(15-17-34)49(31-10-6-29(7-11-31)45-41-43(53-23-21-51-41)47(59-45)39-27-37-35(57-39)18-25-55-37)32-12-8-30(9-13-32)46-42-44(54-24-22-52-42)48(60-46)40-28-38-36(58-40)19-26-56-38/h6-19,25-28H,2-5,20-24H2,1H3. The van der Waals surface area contributed by atoms with Gasteiger partial charge < -0.3 is 28.6 Å². The SMILES string of the molecule is CCCCCCOc1ccc(N(c2ccc(-c3sc(-c4cc5sccc5s4)c4c3OCCO4)cc2)c2ccc(-c3sc(-c4cc5sccc5s4)c4c3OCCO4)cc2)cc1. The Kier molecular flexibility index (Phi) is 10.5. The zero-order chi connectivity index (χ0) is 40.0. The van der Waals surface area contributed by atoms with Crippen LogP contribution in [-0.4, -0.2) is 33.0 Å². The molecular formula is C48H39NO5S6. The highest BCUT2D eigenvalue weighted by Gasteiger charge is 2.29. The Morgan fingerprint density at radius 2 is 0.933 bits per heavy atom. The summed E-state index contributed by atoms with van der Waals surface area (Å²) in [6.45, 7) is 5.14. The minimum absolute atomic E-state index is 0.539. The van der Waals surface area contributed by atoms with Crippen molar-refractivity contribution >= 4 is 104 Å². The van der Waals surface area contributed by atoms with E-state index < -0.39 is 0 Å². The fourth-order valence-corrected chi connectivity index (χ4v) is 14.5. The van der Waals surface area contributed by atoms with Gasteiger partial charge >= 0.3 is 0 Å². The number of anilines is 3. The van der Waals surface area contributed by atoms with Gasteiger partial charge in [-0.2, -0.15) is 0 Å². The summed E-state index contributed by atoms with van der Waals surface area (Å²) in [4.78, 5) is 9.20. The van der Waals surface area contributed by atoms with Gasteiger partial charge in [0.25, 0.3) is 0 Å². The van der Waals surface area contributed by atoms with Gasteiger partial charge in [0.15, 0.2) is 23.0 Å². The van der Waals surface area contributed by atoms with Gasteiger partial charge in [0.1, 0.15) is 32.2 Å². The van der Waals surface area contributed by atoms with E-state index in [9.17, 15) is 0 Å². The van der Waals surface area contributed by atoms with Crippen molar-refractivity contribution in [3.05, 3.63) is 108 Å². The monoisotopic (exact) mass is 901 g/mol. The fraction of sp³-hybridized carbons (Fsp3) is 0.208. The second kappa shape index (κ2) is 16.6. The Morgan fingerprint density at radius 3 is 1.38 bits per heavy atom. The topological polar surface area (TPSA) is 49.4 Å². The molecule has 60 heavy (non-hydrogen) atoms. The molecule has 0 spiro atoms. The Morgan fingerprint density at radius 1 is 0.483 bits per heavy atom. The van der Waals surface area contributed by atoms with Crippen LogP contribution in [0.5, 0.6) is 28.7 Å². The van der Waals surface area contributed by atoms with Crippen LogP contribution in [-0.2, 0) is 0 Å². The maximum absolute atomic E-state index is 6.32. The van der Waals surface area contributed by atoms with Crippen molar-refractivity contribution in [2.24, 2.45) is 0 Å². The molecule has 0 unspecified atom stereocenters. The van der Waals surface area contributed by atoms with Crippen molar-refractivity contribution in [1.82, 2.24) is 0 Å². The third-order valence-electron chi connectivity index (χ3n) is 10.7. The van der Waals surface area contributed by atoms with Crippen LogP contribution in [0.1, 0.15) is 32.6 Å². The molecule has 2 aliphatic heterocycles. The minimum Gasteiger partial charge on any atom is -0.494 e. The lowest BCUT2D eigenvalue weighted by molar-refractivity contribution is 0.175. The first-order valence-corrected chi connectivity index (χ1v) is 25.2. The number of unbranched alkanes of at least 4 members (excludes halogenated alkanes) is 3. The van der Waals surface area contributed by atoms with Crippen molar-refractivity contribution in [3.8, 4) is 69.1 Å². The molecule has 6 aromatic heterocycles. The Bertz CT molecular complexity index is 2680. The van der Waals surface area contributed by atoms with Crippen LogP contribution in [0.15, 0.2) is 108 Å². The smallest absolute Gasteiger partial charge is 0.181 e. The first kappa shape index (κ1) is 38.1.